The molecule has 1 aromatic heterocycles. The van der Waals surface area contributed by atoms with E-state index in [9.17, 15) is 4.39 Å². The van der Waals surface area contributed by atoms with Crippen LogP contribution in [-0.4, -0.2) is 4.98 Å². The first-order chi connectivity index (χ1) is 7.74. The molecule has 0 bridgehead atoms. The van der Waals surface area contributed by atoms with Crippen molar-refractivity contribution >= 4 is 0 Å². The van der Waals surface area contributed by atoms with Gasteiger partial charge in [-0.1, -0.05) is 6.92 Å². The maximum absolute atomic E-state index is 12.8. The van der Waals surface area contributed by atoms with Crippen LogP contribution in [0.2, 0.25) is 0 Å². The van der Waals surface area contributed by atoms with Crippen molar-refractivity contribution < 1.29 is 8.81 Å². The first-order valence-electron chi connectivity index (χ1n) is 5.19. The largest absolute Gasteiger partial charge is 0.439 e. The Kier molecular flexibility index (Phi) is 3.01. The molecule has 0 spiro atoms. The van der Waals surface area contributed by atoms with Crippen molar-refractivity contribution in [3.05, 3.63) is 41.7 Å². The minimum absolute atomic E-state index is 0.264. The quantitative estimate of drug-likeness (QED) is 0.864. The molecule has 0 amide bonds. The highest BCUT2D eigenvalue weighted by atomic mass is 19.1. The predicted molar refractivity (Wildman–Crippen MR) is 59.2 cm³/mol. The van der Waals surface area contributed by atoms with Gasteiger partial charge in [-0.15, -0.1) is 0 Å². The number of nitrogens with two attached hydrogens (primary N) is 1. The fourth-order valence-corrected chi connectivity index (χ4v) is 1.55. The number of oxazole rings is 1. The van der Waals surface area contributed by atoms with Gasteiger partial charge in [0, 0.05) is 5.56 Å². The minimum Gasteiger partial charge on any atom is -0.439 e. The van der Waals surface area contributed by atoms with Gasteiger partial charge in [-0.25, -0.2) is 9.37 Å². The second-order valence-electron chi connectivity index (χ2n) is 3.45. The van der Waals surface area contributed by atoms with Crippen molar-refractivity contribution in [2.75, 3.05) is 0 Å². The second kappa shape index (κ2) is 4.45. The third-order valence-corrected chi connectivity index (χ3v) is 2.36. The summed E-state index contributed by atoms with van der Waals surface area (Å²) in [6.07, 6.45) is 0.760. The van der Waals surface area contributed by atoms with E-state index < -0.39 is 0 Å². The third-order valence-electron chi connectivity index (χ3n) is 2.36. The molecule has 2 N–H and O–H groups in total. The molecule has 0 saturated heterocycles. The summed E-state index contributed by atoms with van der Waals surface area (Å²) < 4.78 is 18.3. The average molecular weight is 220 g/mol. The number of benzene rings is 1. The highest BCUT2D eigenvalue weighted by molar-refractivity contribution is 5.59. The number of hydrogen-bond donors (Lipinski definition) is 1. The Labute approximate surface area is 93.1 Å². The van der Waals surface area contributed by atoms with Gasteiger partial charge >= 0.3 is 0 Å². The zero-order chi connectivity index (χ0) is 11.5. The van der Waals surface area contributed by atoms with Crippen molar-refractivity contribution in [1.29, 1.82) is 0 Å². The van der Waals surface area contributed by atoms with Gasteiger partial charge in [0.1, 0.15) is 5.82 Å². The van der Waals surface area contributed by atoms with E-state index in [4.69, 9.17) is 10.2 Å². The van der Waals surface area contributed by atoms with E-state index >= 15 is 0 Å². The summed E-state index contributed by atoms with van der Waals surface area (Å²) in [5.74, 6) is 0.930. The van der Waals surface area contributed by atoms with E-state index in [0.717, 1.165) is 17.7 Å². The minimum atomic E-state index is -0.264. The summed E-state index contributed by atoms with van der Waals surface area (Å²) in [5, 5.41) is 0. The number of halogens is 1. The van der Waals surface area contributed by atoms with E-state index in [2.05, 4.69) is 4.98 Å². The molecule has 2 aromatic rings. The molecule has 0 unspecified atom stereocenters. The second-order valence-corrected chi connectivity index (χ2v) is 3.45. The summed E-state index contributed by atoms with van der Waals surface area (Å²) in [7, 11) is 0. The summed E-state index contributed by atoms with van der Waals surface area (Å²) in [4.78, 5) is 4.26. The molecule has 4 heteroatoms. The summed E-state index contributed by atoms with van der Waals surface area (Å²) in [5.41, 5.74) is 7.15. The van der Waals surface area contributed by atoms with E-state index in [1.807, 2.05) is 6.92 Å². The number of nitrogens with zero attached hydrogens (tertiary/aromatic N) is 1. The topological polar surface area (TPSA) is 52.0 Å². The lowest BCUT2D eigenvalue weighted by Crippen LogP contribution is -1.95. The Hall–Kier alpha value is -1.68. The van der Waals surface area contributed by atoms with E-state index in [0.29, 0.717) is 11.7 Å². The normalized spacial score (nSPS) is 10.7. The third kappa shape index (κ3) is 1.97. The van der Waals surface area contributed by atoms with Crippen LogP contribution in [0.4, 0.5) is 4.39 Å². The van der Waals surface area contributed by atoms with Crippen LogP contribution < -0.4 is 5.73 Å². The lowest BCUT2D eigenvalue weighted by Gasteiger charge is -1.98. The molecule has 2 rings (SSSR count). The number of hydrogen-bond acceptors (Lipinski definition) is 3. The van der Waals surface area contributed by atoms with Gasteiger partial charge in [-0.2, -0.15) is 0 Å². The maximum atomic E-state index is 12.8. The van der Waals surface area contributed by atoms with Gasteiger partial charge in [0.2, 0.25) is 5.89 Å². The van der Waals surface area contributed by atoms with Crippen molar-refractivity contribution in [2.45, 2.75) is 19.9 Å². The highest BCUT2D eigenvalue weighted by Crippen LogP contribution is 2.25. The Balaban J connectivity index is 2.45. The molecule has 1 heterocycles. The van der Waals surface area contributed by atoms with Gasteiger partial charge in [-0.05, 0) is 30.7 Å². The van der Waals surface area contributed by atoms with Gasteiger partial charge in [-0.3, -0.25) is 0 Å². The number of aromatic nitrogens is 1. The van der Waals surface area contributed by atoms with Crippen LogP contribution >= 0.6 is 0 Å². The fourth-order valence-electron chi connectivity index (χ4n) is 1.55. The van der Waals surface area contributed by atoms with E-state index in [-0.39, 0.29) is 12.4 Å². The standard InChI is InChI=1S/C12H13FN2O/c1-2-10-12(16-11(7-14)15-10)8-3-5-9(13)6-4-8/h3-6H,2,7,14H2,1H3. The SMILES string of the molecule is CCc1nc(CN)oc1-c1ccc(F)cc1. The first kappa shape index (κ1) is 10.8. The Morgan fingerprint density at radius 1 is 1.31 bits per heavy atom. The molecular formula is C12H13FN2O. The van der Waals surface area contributed by atoms with Crippen LogP contribution in [-0.2, 0) is 13.0 Å². The van der Waals surface area contributed by atoms with Crippen molar-refractivity contribution in [3.63, 3.8) is 0 Å². The highest BCUT2D eigenvalue weighted by Gasteiger charge is 2.12. The van der Waals surface area contributed by atoms with E-state index in [1.165, 1.54) is 12.1 Å². The first-order valence-corrected chi connectivity index (χ1v) is 5.19. The zero-order valence-electron chi connectivity index (χ0n) is 9.03. The number of rotatable bonds is 3. The molecular weight excluding hydrogens is 207 g/mol. The zero-order valence-corrected chi connectivity index (χ0v) is 9.03. The Bertz CT molecular complexity index is 476. The lowest BCUT2D eigenvalue weighted by atomic mass is 10.1. The van der Waals surface area contributed by atoms with Gasteiger partial charge < -0.3 is 10.2 Å². The fraction of sp³-hybridized carbons (Fsp3) is 0.250. The monoisotopic (exact) mass is 220 g/mol. The van der Waals surface area contributed by atoms with Crippen LogP contribution in [0.15, 0.2) is 28.7 Å². The Morgan fingerprint density at radius 3 is 2.56 bits per heavy atom. The molecule has 84 valence electrons. The van der Waals surface area contributed by atoms with Crippen LogP contribution in [0.3, 0.4) is 0 Å². The molecule has 0 aliphatic heterocycles. The molecule has 0 radical (unpaired) electrons. The van der Waals surface area contributed by atoms with Gasteiger partial charge in [0.25, 0.3) is 0 Å². The lowest BCUT2D eigenvalue weighted by molar-refractivity contribution is 0.509. The van der Waals surface area contributed by atoms with Crippen LogP contribution in [0.25, 0.3) is 11.3 Å². The molecule has 1 aromatic carbocycles. The van der Waals surface area contributed by atoms with Crippen LogP contribution in [0.5, 0.6) is 0 Å². The summed E-state index contributed by atoms with van der Waals surface area (Å²) >= 11 is 0. The molecule has 0 aliphatic carbocycles. The maximum Gasteiger partial charge on any atom is 0.208 e. The molecule has 0 fully saturated rings. The average Bonchev–Trinajstić information content (AvgIpc) is 2.73. The molecule has 3 nitrogen and oxygen atoms in total. The predicted octanol–water partition coefficient (Wildman–Crippen LogP) is 2.50. The smallest absolute Gasteiger partial charge is 0.208 e. The van der Waals surface area contributed by atoms with Crippen molar-refractivity contribution in [2.24, 2.45) is 5.73 Å². The molecule has 0 saturated carbocycles. The van der Waals surface area contributed by atoms with Crippen molar-refractivity contribution in [3.8, 4) is 11.3 Å². The van der Waals surface area contributed by atoms with Gasteiger partial charge in [0.15, 0.2) is 5.76 Å². The van der Waals surface area contributed by atoms with Gasteiger partial charge in [0.05, 0.1) is 12.2 Å². The summed E-state index contributed by atoms with van der Waals surface area (Å²) in [6.45, 7) is 2.26. The van der Waals surface area contributed by atoms with E-state index in [1.54, 1.807) is 12.1 Å². The molecule has 0 aliphatic rings. The summed E-state index contributed by atoms with van der Waals surface area (Å²) in [6, 6.07) is 6.16. The Morgan fingerprint density at radius 2 is 2.00 bits per heavy atom. The number of aryl methyl sites for hydroxylation is 1. The van der Waals surface area contributed by atoms with Crippen LogP contribution in [0.1, 0.15) is 18.5 Å². The molecule has 0 atom stereocenters. The van der Waals surface area contributed by atoms with Crippen molar-refractivity contribution in [1.82, 2.24) is 4.98 Å². The molecule has 16 heavy (non-hydrogen) atoms. The van der Waals surface area contributed by atoms with Crippen LogP contribution in [0, 0.1) is 5.82 Å².